The standard InChI is InChI=1S/C15H20N2O4/c1-10-3-4-13(21-10)14-9-16(5-6-20-14)15(19)12-7-17(8-12)11(2)18/h3-4,12,14H,5-9H2,1-2H3. The summed E-state index contributed by atoms with van der Waals surface area (Å²) >= 11 is 0. The minimum Gasteiger partial charge on any atom is -0.464 e. The van der Waals surface area contributed by atoms with Gasteiger partial charge in [-0.2, -0.15) is 0 Å². The first-order valence-corrected chi connectivity index (χ1v) is 7.27. The van der Waals surface area contributed by atoms with Gasteiger partial charge in [0.25, 0.3) is 0 Å². The van der Waals surface area contributed by atoms with Crippen LogP contribution in [0, 0.1) is 12.8 Å². The Bertz CT molecular complexity index is 548. The third-order valence-corrected chi connectivity index (χ3v) is 4.13. The van der Waals surface area contributed by atoms with Crippen LogP contribution in [0.1, 0.15) is 24.5 Å². The summed E-state index contributed by atoms with van der Waals surface area (Å²) in [6.45, 7) is 6.13. The molecule has 1 aromatic heterocycles. The fourth-order valence-corrected chi connectivity index (χ4v) is 2.80. The van der Waals surface area contributed by atoms with Crippen LogP contribution in [0.4, 0.5) is 0 Å². The molecule has 3 heterocycles. The smallest absolute Gasteiger partial charge is 0.229 e. The second-order valence-electron chi connectivity index (χ2n) is 5.71. The van der Waals surface area contributed by atoms with Crippen LogP contribution in [0.2, 0.25) is 0 Å². The van der Waals surface area contributed by atoms with Crippen molar-refractivity contribution in [1.29, 1.82) is 0 Å². The number of amides is 2. The molecule has 0 bridgehead atoms. The number of hydrogen-bond donors (Lipinski definition) is 0. The lowest BCUT2D eigenvalue weighted by Crippen LogP contribution is -2.57. The van der Waals surface area contributed by atoms with Crippen LogP contribution in [0.15, 0.2) is 16.5 Å². The minimum absolute atomic E-state index is 0.0324. The summed E-state index contributed by atoms with van der Waals surface area (Å²) in [4.78, 5) is 27.1. The van der Waals surface area contributed by atoms with Gasteiger partial charge < -0.3 is 19.0 Å². The van der Waals surface area contributed by atoms with E-state index in [1.165, 1.54) is 6.92 Å². The molecular weight excluding hydrogens is 272 g/mol. The Morgan fingerprint density at radius 1 is 1.19 bits per heavy atom. The molecule has 0 radical (unpaired) electrons. The van der Waals surface area contributed by atoms with Crippen molar-refractivity contribution in [1.82, 2.24) is 9.80 Å². The maximum absolute atomic E-state index is 12.4. The zero-order valence-electron chi connectivity index (χ0n) is 12.4. The highest BCUT2D eigenvalue weighted by Gasteiger charge is 2.38. The topological polar surface area (TPSA) is 63.0 Å². The number of furan rings is 1. The molecule has 3 rings (SSSR count). The molecule has 0 spiro atoms. The lowest BCUT2D eigenvalue weighted by atomic mass is 9.98. The number of carbonyl (C=O) groups excluding carboxylic acids is 2. The van der Waals surface area contributed by atoms with Gasteiger partial charge in [0.2, 0.25) is 11.8 Å². The van der Waals surface area contributed by atoms with Gasteiger partial charge in [-0.05, 0) is 19.1 Å². The maximum Gasteiger partial charge on any atom is 0.229 e. The summed E-state index contributed by atoms with van der Waals surface area (Å²) in [6.07, 6.45) is -0.194. The monoisotopic (exact) mass is 292 g/mol. The third kappa shape index (κ3) is 2.81. The van der Waals surface area contributed by atoms with E-state index in [0.29, 0.717) is 32.8 Å². The van der Waals surface area contributed by atoms with Crippen LogP contribution in [0.25, 0.3) is 0 Å². The second-order valence-corrected chi connectivity index (χ2v) is 5.71. The van der Waals surface area contributed by atoms with Crippen molar-refractivity contribution in [3.8, 4) is 0 Å². The number of likely N-dealkylation sites (tertiary alicyclic amines) is 1. The molecule has 2 aliphatic heterocycles. The Labute approximate surface area is 123 Å². The zero-order chi connectivity index (χ0) is 15.0. The molecule has 0 N–H and O–H groups in total. The van der Waals surface area contributed by atoms with Gasteiger partial charge in [0.1, 0.15) is 17.6 Å². The number of hydrogen-bond acceptors (Lipinski definition) is 4. The highest BCUT2D eigenvalue weighted by atomic mass is 16.5. The molecule has 1 atom stereocenters. The van der Waals surface area contributed by atoms with E-state index >= 15 is 0 Å². The Morgan fingerprint density at radius 3 is 2.57 bits per heavy atom. The Morgan fingerprint density at radius 2 is 1.95 bits per heavy atom. The lowest BCUT2D eigenvalue weighted by molar-refractivity contribution is -0.153. The molecule has 114 valence electrons. The van der Waals surface area contributed by atoms with Crippen LogP contribution < -0.4 is 0 Å². The molecule has 1 aromatic rings. The fourth-order valence-electron chi connectivity index (χ4n) is 2.80. The second kappa shape index (κ2) is 5.52. The van der Waals surface area contributed by atoms with Crippen molar-refractivity contribution < 1.29 is 18.7 Å². The number of carbonyl (C=O) groups is 2. The van der Waals surface area contributed by atoms with Crippen molar-refractivity contribution in [3.05, 3.63) is 23.7 Å². The fraction of sp³-hybridized carbons (Fsp3) is 0.600. The first-order valence-electron chi connectivity index (χ1n) is 7.27. The normalized spacial score (nSPS) is 23.0. The Balaban J connectivity index is 1.59. The van der Waals surface area contributed by atoms with E-state index < -0.39 is 0 Å². The highest BCUT2D eigenvalue weighted by Crippen LogP contribution is 2.26. The molecule has 6 nitrogen and oxygen atoms in total. The van der Waals surface area contributed by atoms with Crippen LogP contribution >= 0.6 is 0 Å². The summed E-state index contributed by atoms with van der Waals surface area (Å²) in [5, 5.41) is 0. The number of ether oxygens (including phenoxy) is 1. The van der Waals surface area contributed by atoms with Crippen molar-refractivity contribution >= 4 is 11.8 Å². The molecule has 0 aromatic carbocycles. The molecule has 1 unspecified atom stereocenters. The predicted octanol–water partition coefficient (Wildman–Crippen LogP) is 0.966. The van der Waals surface area contributed by atoms with Gasteiger partial charge in [-0.15, -0.1) is 0 Å². The number of nitrogens with zero attached hydrogens (tertiary/aromatic N) is 2. The van der Waals surface area contributed by atoms with Crippen LogP contribution in [0.3, 0.4) is 0 Å². The first-order chi connectivity index (χ1) is 10.0. The molecule has 2 aliphatic rings. The summed E-state index contributed by atoms with van der Waals surface area (Å²) in [7, 11) is 0. The van der Waals surface area contributed by atoms with Crippen LogP contribution in [0.5, 0.6) is 0 Å². The minimum atomic E-state index is -0.194. The predicted molar refractivity (Wildman–Crippen MR) is 74.5 cm³/mol. The van der Waals surface area contributed by atoms with Crippen molar-refractivity contribution in [2.75, 3.05) is 32.8 Å². The molecule has 0 aliphatic carbocycles. The summed E-state index contributed by atoms with van der Waals surface area (Å²) in [6, 6.07) is 3.80. The lowest BCUT2D eigenvalue weighted by Gasteiger charge is -2.41. The van der Waals surface area contributed by atoms with E-state index in [0.717, 1.165) is 11.5 Å². The van der Waals surface area contributed by atoms with Crippen LogP contribution in [-0.2, 0) is 14.3 Å². The Kier molecular flexibility index (Phi) is 3.71. The molecule has 2 saturated heterocycles. The molecular formula is C15H20N2O4. The third-order valence-electron chi connectivity index (χ3n) is 4.13. The summed E-state index contributed by atoms with van der Waals surface area (Å²) < 4.78 is 11.3. The number of rotatable bonds is 2. The van der Waals surface area contributed by atoms with Crippen molar-refractivity contribution in [3.63, 3.8) is 0 Å². The van der Waals surface area contributed by atoms with Gasteiger partial charge in [-0.25, -0.2) is 0 Å². The van der Waals surface area contributed by atoms with Crippen molar-refractivity contribution in [2.24, 2.45) is 5.92 Å². The quantitative estimate of drug-likeness (QED) is 0.814. The van der Waals surface area contributed by atoms with E-state index in [2.05, 4.69) is 0 Å². The van der Waals surface area contributed by atoms with E-state index in [9.17, 15) is 9.59 Å². The average molecular weight is 292 g/mol. The van der Waals surface area contributed by atoms with E-state index in [4.69, 9.17) is 9.15 Å². The molecule has 21 heavy (non-hydrogen) atoms. The van der Waals surface area contributed by atoms with Gasteiger partial charge in [0, 0.05) is 26.6 Å². The zero-order valence-corrected chi connectivity index (χ0v) is 12.4. The van der Waals surface area contributed by atoms with E-state index in [-0.39, 0.29) is 23.8 Å². The van der Waals surface area contributed by atoms with Gasteiger partial charge >= 0.3 is 0 Å². The molecule has 2 amide bonds. The Hall–Kier alpha value is -1.82. The summed E-state index contributed by atoms with van der Waals surface area (Å²) in [5.41, 5.74) is 0. The SMILES string of the molecule is CC(=O)N1CC(C(=O)N2CCOC(c3ccc(C)o3)C2)C1. The highest BCUT2D eigenvalue weighted by molar-refractivity contribution is 5.83. The van der Waals surface area contributed by atoms with Gasteiger partial charge in [-0.1, -0.05) is 0 Å². The maximum atomic E-state index is 12.4. The van der Waals surface area contributed by atoms with Crippen molar-refractivity contribution in [2.45, 2.75) is 20.0 Å². The largest absolute Gasteiger partial charge is 0.464 e. The molecule has 2 fully saturated rings. The molecule has 0 saturated carbocycles. The van der Waals surface area contributed by atoms with E-state index in [1.54, 1.807) is 4.90 Å². The van der Waals surface area contributed by atoms with Gasteiger partial charge in [-0.3, -0.25) is 9.59 Å². The molecule has 6 heteroatoms. The van der Waals surface area contributed by atoms with Gasteiger partial charge in [0.05, 0.1) is 19.1 Å². The number of morpholine rings is 1. The first kappa shape index (κ1) is 14.1. The van der Waals surface area contributed by atoms with Gasteiger partial charge in [0.15, 0.2) is 0 Å². The number of aryl methyl sites for hydroxylation is 1. The summed E-state index contributed by atoms with van der Waals surface area (Å²) in [5.74, 6) is 1.69. The van der Waals surface area contributed by atoms with Crippen LogP contribution in [-0.4, -0.2) is 54.4 Å². The van der Waals surface area contributed by atoms with E-state index in [1.807, 2.05) is 24.0 Å². The average Bonchev–Trinajstić information content (AvgIpc) is 2.83.